The van der Waals surface area contributed by atoms with E-state index in [1.807, 2.05) is 0 Å². The fourth-order valence-electron chi connectivity index (χ4n) is 1.41. The summed E-state index contributed by atoms with van der Waals surface area (Å²) in [7, 11) is 0. The molecule has 0 bridgehead atoms. The Kier molecular flexibility index (Phi) is 3.73. The van der Waals surface area contributed by atoms with Gasteiger partial charge in [-0.15, -0.1) is 0 Å². The van der Waals surface area contributed by atoms with Crippen LogP contribution in [-0.2, 0) is 14.3 Å². The lowest BCUT2D eigenvalue weighted by atomic mass is 10.4. The number of hydrogen-bond acceptors (Lipinski definition) is 3. The third kappa shape index (κ3) is 3.05. The molecule has 1 fully saturated rings. The molecule has 1 heterocycles. The lowest BCUT2D eigenvalue weighted by Crippen LogP contribution is -2.29. The Labute approximate surface area is 77.8 Å². The van der Waals surface area contributed by atoms with E-state index in [9.17, 15) is 9.59 Å². The van der Waals surface area contributed by atoms with Crippen molar-refractivity contribution < 1.29 is 14.3 Å². The van der Waals surface area contributed by atoms with Crippen LogP contribution in [0.25, 0.3) is 0 Å². The number of carbonyl (C=O) groups is 2. The second-order valence-corrected chi connectivity index (χ2v) is 3.07. The molecule has 0 atom stereocenters. The average Bonchev–Trinajstić information content (AvgIpc) is 2.55. The van der Waals surface area contributed by atoms with Crippen LogP contribution in [0.3, 0.4) is 0 Å². The summed E-state index contributed by atoms with van der Waals surface area (Å²) in [4.78, 5) is 24.0. The molecule has 0 aromatic heterocycles. The van der Waals surface area contributed by atoms with Crippen molar-refractivity contribution in [2.45, 2.75) is 26.2 Å². The Morgan fingerprint density at radius 3 is 2.46 bits per heavy atom. The molecule has 4 nitrogen and oxygen atoms in total. The summed E-state index contributed by atoms with van der Waals surface area (Å²) in [6.07, 6.45) is 2.00. The van der Waals surface area contributed by atoms with Gasteiger partial charge in [-0.3, -0.25) is 9.59 Å². The van der Waals surface area contributed by atoms with Crippen molar-refractivity contribution in [2.24, 2.45) is 0 Å². The number of nitrogens with zero attached hydrogens (tertiary/aromatic N) is 1. The number of esters is 1. The average molecular weight is 185 g/mol. The highest BCUT2D eigenvalue weighted by Crippen LogP contribution is 2.08. The Hall–Kier alpha value is -1.06. The van der Waals surface area contributed by atoms with Crippen LogP contribution in [0.4, 0.5) is 0 Å². The van der Waals surface area contributed by atoms with Crippen LogP contribution in [0.5, 0.6) is 0 Å². The minimum Gasteiger partial charge on any atom is -0.466 e. The van der Waals surface area contributed by atoms with Crippen LogP contribution in [0.1, 0.15) is 26.2 Å². The maximum absolute atomic E-state index is 11.4. The summed E-state index contributed by atoms with van der Waals surface area (Å²) in [6.45, 7) is 3.65. The van der Waals surface area contributed by atoms with Gasteiger partial charge in [-0.05, 0) is 19.8 Å². The molecule has 0 aromatic carbocycles. The Morgan fingerprint density at radius 1 is 1.31 bits per heavy atom. The van der Waals surface area contributed by atoms with Crippen LogP contribution in [0.2, 0.25) is 0 Å². The zero-order valence-electron chi connectivity index (χ0n) is 7.91. The number of likely N-dealkylation sites (tertiary alicyclic amines) is 1. The van der Waals surface area contributed by atoms with E-state index in [0.717, 1.165) is 25.9 Å². The van der Waals surface area contributed by atoms with Crippen molar-refractivity contribution in [3.05, 3.63) is 0 Å². The molecule has 74 valence electrons. The first-order valence-electron chi connectivity index (χ1n) is 4.67. The molecular weight excluding hydrogens is 170 g/mol. The van der Waals surface area contributed by atoms with Crippen LogP contribution in [0.15, 0.2) is 0 Å². The summed E-state index contributed by atoms with van der Waals surface area (Å²) >= 11 is 0. The molecule has 0 saturated carbocycles. The van der Waals surface area contributed by atoms with E-state index in [0.29, 0.717) is 6.61 Å². The van der Waals surface area contributed by atoms with Crippen LogP contribution >= 0.6 is 0 Å². The van der Waals surface area contributed by atoms with Gasteiger partial charge in [-0.1, -0.05) is 0 Å². The summed E-state index contributed by atoms with van der Waals surface area (Å²) in [6, 6.07) is 0. The fraction of sp³-hybridized carbons (Fsp3) is 0.778. The highest BCUT2D eigenvalue weighted by molar-refractivity contribution is 5.94. The predicted octanol–water partition coefficient (Wildman–Crippen LogP) is 0.562. The number of rotatable bonds is 3. The zero-order chi connectivity index (χ0) is 9.68. The van der Waals surface area contributed by atoms with Gasteiger partial charge < -0.3 is 9.64 Å². The topological polar surface area (TPSA) is 46.6 Å². The number of hydrogen-bond donors (Lipinski definition) is 0. The van der Waals surface area contributed by atoms with E-state index in [1.54, 1.807) is 11.8 Å². The molecular formula is C9H15NO3. The molecule has 0 spiro atoms. The van der Waals surface area contributed by atoms with Gasteiger partial charge in [0.1, 0.15) is 6.42 Å². The van der Waals surface area contributed by atoms with Gasteiger partial charge in [0.05, 0.1) is 6.61 Å². The summed E-state index contributed by atoms with van der Waals surface area (Å²) < 4.78 is 4.69. The van der Waals surface area contributed by atoms with Crippen molar-refractivity contribution in [1.82, 2.24) is 4.90 Å². The molecule has 1 rings (SSSR count). The maximum atomic E-state index is 11.4. The molecule has 1 amide bonds. The van der Waals surface area contributed by atoms with E-state index in [1.165, 1.54) is 0 Å². The van der Waals surface area contributed by atoms with Gasteiger partial charge >= 0.3 is 5.97 Å². The highest BCUT2D eigenvalue weighted by Gasteiger charge is 2.20. The first-order chi connectivity index (χ1) is 6.24. The molecule has 0 unspecified atom stereocenters. The van der Waals surface area contributed by atoms with Gasteiger partial charge in [0.2, 0.25) is 5.91 Å². The third-order valence-electron chi connectivity index (χ3n) is 2.06. The summed E-state index contributed by atoms with van der Waals surface area (Å²) in [5.74, 6) is -0.518. The lowest BCUT2D eigenvalue weighted by Gasteiger charge is -2.13. The smallest absolute Gasteiger partial charge is 0.315 e. The Balaban J connectivity index is 2.27. The first-order valence-corrected chi connectivity index (χ1v) is 4.67. The van der Waals surface area contributed by atoms with Crippen molar-refractivity contribution in [2.75, 3.05) is 19.7 Å². The summed E-state index contributed by atoms with van der Waals surface area (Å²) in [5.41, 5.74) is 0. The second-order valence-electron chi connectivity index (χ2n) is 3.07. The van der Waals surface area contributed by atoms with Crippen molar-refractivity contribution in [3.8, 4) is 0 Å². The molecule has 0 radical (unpaired) electrons. The van der Waals surface area contributed by atoms with Crippen molar-refractivity contribution in [1.29, 1.82) is 0 Å². The largest absolute Gasteiger partial charge is 0.466 e. The molecule has 1 aliphatic heterocycles. The monoisotopic (exact) mass is 185 g/mol. The van der Waals surface area contributed by atoms with Gasteiger partial charge in [0.25, 0.3) is 0 Å². The number of amides is 1. The van der Waals surface area contributed by atoms with Crippen LogP contribution in [-0.4, -0.2) is 36.5 Å². The van der Waals surface area contributed by atoms with Gasteiger partial charge in [0, 0.05) is 13.1 Å². The van der Waals surface area contributed by atoms with E-state index >= 15 is 0 Å². The van der Waals surface area contributed by atoms with E-state index < -0.39 is 5.97 Å². The SMILES string of the molecule is CCOC(=O)CC(=O)N1CCCC1. The minimum atomic E-state index is -0.417. The highest BCUT2D eigenvalue weighted by atomic mass is 16.5. The number of carbonyl (C=O) groups excluding carboxylic acids is 2. The van der Waals surface area contributed by atoms with Crippen LogP contribution < -0.4 is 0 Å². The quantitative estimate of drug-likeness (QED) is 0.477. The molecule has 1 aliphatic rings. The Morgan fingerprint density at radius 2 is 1.92 bits per heavy atom. The van der Waals surface area contributed by atoms with Crippen LogP contribution in [0, 0.1) is 0 Å². The fourth-order valence-corrected chi connectivity index (χ4v) is 1.41. The maximum Gasteiger partial charge on any atom is 0.315 e. The zero-order valence-corrected chi connectivity index (χ0v) is 7.91. The van der Waals surface area contributed by atoms with E-state index in [-0.39, 0.29) is 12.3 Å². The standard InChI is InChI=1S/C9H15NO3/c1-2-13-9(12)7-8(11)10-5-3-4-6-10/h2-7H2,1H3. The molecule has 1 saturated heterocycles. The van der Waals surface area contributed by atoms with E-state index in [2.05, 4.69) is 4.74 Å². The van der Waals surface area contributed by atoms with Gasteiger partial charge in [-0.2, -0.15) is 0 Å². The predicted molar refractivity (Wildman–Crippen MR) is 47.1 cm³/mol. The molecule has 13 heavy (non-hydrogen) atoms. The molecule has 0 N–H and O–H groups in total. The van der Waals surface area contributed by atoms with E-state index in [4.69, 9.17) is 0 Å². The van der Waals surface area contributed by atoms with Crippen molar-refractivity contribution in [3.63, 3.8) is 0 Å². The third-order valence-corrected chi connectivity index (χ3v) is 2.06. The molecule has 0 aromatic rings. The minimum absolute atomic E-state index is 0.101. The van der Waals surface area contributed by atoms with Gasteiger partial charge in [-0.25, -0.2) is 0 Å². The molecule has 0 aliphatic carbocycles. The lowest BCUT2D eigenvalue weighted by molar-refractivity contribution is -0.148. The van der Waals surface area contributed by atoms with Crippen molar-refractivity contribution >= 4 is 11.9 Å². The molecule has 4 heteroatoms. The Bertz CT molecular complexity index is 197. The van der Waals surface area contributed by atoms with Gasteiger partial charge in [0.15, 0.2) is 0 Å². The first kappa shape index (κ1) is 10.0. The normalized spacial score (nSPS) is 15.9. The summed E-state index contributed by atoms with van der Waals surface area (Å²) in [5, 5.41) is 0. The second kappa shape index (κ2) is 4.84. The number of ether oxygens (including phenoxy) is 1.